The summed E-state index contributed by atoms with van der Waals surface area (Å²) in [5, 5.41) is 14.1. The molecule has 3 nitrogen and oxygen atoms in total. The SMILES string of the molecule is Cc1c(Cl)cccc1-n1nc(CC#N)cc1C(C)C. The average Bonchev–Trinajstić information content (AvgIpc) is 2.77. The zero-order valence-electron chi connectivity index (χ0n) is 11.3. The first kappa shape index (κ1) is 13.6. The van der Waals surface area contributed by atoms with E-state index in [4.69, 9.17) is 16.9 Å². The third-order valence-electron chi connectivity index (χ3n) is 3.11. The Morgan fingerprint density at radius 1 is 1.42 bits per heavy atom. The first-order chi connectivity index (χ1) is 9.04. The molecule has 0 radical (unpaired) electrons. The molecule has 0 bridgehead atoms. The van der Waals surface area contributed by atoms with Crippen LogP contribution < -0.4 is 0 Å². The van der Waals surface area contributed by atoms with E-state index in [1.165, 1.54) is 0 Å². The maximum absolute atomic E-state index is 8.81. The van der Waals surface area contributed by atoms with Gasteiger partial charge in [-0.25, -0.2) is 4.68 Å². The van der Waals surface area contributed by atoms with Crippen LogP contribution in [0.25, 0.3) is 5.69 Å². The maximum atomic E-state index is 8.81. The van der Waals surface area contributed by atoms with Gasteiger partial charge in [-0.2, -0.15) is 10.4 Å². The van der Waals surface area contributed by atoms with E-state index in [-0.39, 0.29) is 0 Å². The minimum absolute atomic E-state index is 0.326. The molecule has 1 heterocycles. The Morgan fingerprint density at radius 2 is 2.16 bits per heavy atom. The number of halogens is 1. The highest BCUT2D eigenvalue weighted by molar-refractivity contribution is 6.31. The Morgan fingerprint density at radius 3 is 2.79 bits per heavy atom. The smallest absolute Gasteiger partial charge is 0.0793 e. The predicted octanol–water partition coefficient (Wildman–Crippen LogP) is 4.02. The molecule has 0 spiro atoms. The van der Waals surface area contributed by atoms with E-state index in [9.17, 15) is 0 Å². The van der Waals surface area contributed by atoms with Gasteiger partial charge < -0.3 is 0 Å². The van der Waals surface area contributed by atoms with E-state index in [1.807, 2.05) is 35.9 Å². The van der Waals surface area contributed by atoms with Crippen LogP contribution >= 0.6 is 11.6 Å². The number of nitriles is 1. The second-order valence-corrected chi connectivity index (χ2v) is 5.25. The molecule has 0 aliphatic heterocycles. The van der Waals surface area contributed by atoms with E-state index >= 15 is 0 Å². The number of benzene rings is 1. The third-order valence-corrected chi connectivity index (χ3v) is 3.52. The Balaban J connectivity index is 2.60. The molecule has 0 amide bonds. The van der Waals surface area contributed by atoms with Crippen molar-refractivity contribution in [3.05, 3.63) is 46.2 Å². The van der Waals surface area contributed by atoms with Crippen LogP contribution in [0.3, 0.4) is 0 Å². The zero-order valence-corrected chi connectivity index (χ0v) is 12.1. The van der Waals surface area contributed by atoms with E-state index in [2.05, 4.69) is 25.0 Å². The second kappa shape index (κ2) is 5.46. The highest BCUT2D eigenvalue weighted by Gasteiger charge is 2.14. The lowest BCUT2D eigenvalue weighted by molar-refractivity contribution is 0.727. The fourth-order valence-electron chi connectivity index (χ4n) is 2.04. The van der Waals surface area contributed by atoms with E-state index in [0.717, 1.165) is 27.7 Å². The van der Waals surface area contributed by atoms with Crippen LogP contribution in [0.1, 0.15) is 36.7 Å². The average molecular weight is 274 g/mol. The topological polar surface area (TPSA) is 41.6 Å². The van der Waals surface area contributed by atoms with Crippen LogP contribution in [-0.4, -0.2) is 9.78 Å². The largest absolute Gasteiger partial charge is 0.237 e. The van der Waals surface area contributed by atoms with Crippen molar-refractivity contribution in [1.82, 2.24) is 9.78 Å². The van der Waals surface area contributed by atoms with Crippen molar-refractivity contribution in [1.29, 1.82) is 5.26 Å². The Kier molecular flexibility index (Phi) is 3.92. The van der Waals surface area contributed by atoms with Gasteiger partial charge in [0.2, 0.25) is 0 Å². The lowest BCUT2D eigenvalue weighted by Gasteiger charge is -2.13. The lowest BCUT2D eigenvalue weighted by Crippen LogP contribution is -2.05. The molecule has 0 fully saturated rings. The summed E-state index contributed by atoms with van der Waals surface area (Å²) < 4.78 is 1.90. The molecule has 1 aromatic heterocycles. The Hall–Kier alpha value is -1.79. The first-order valence-corrected chi connectivity index (χ1v) is 6.63. The highest BCUT2D eigenvalue weighted by atomic mass is 35.5. The van der Waals surface area contributed by atoms with Gasteiger partial charge in [0.1, 0.15) is 0 Å². The van der Waals surface area contributed by atoms with Crippen LogP contribution in [-0.2, 0) is 6.42 Å². The molecule has 1 aromatic carbocycles. The van der Waals surface area contributed by atoms with Gasteiger partial charge in [-0.1, -0.05) is 31.5 Å². The van der Waals surface area contributed by atoms with Gasteiger partial charge in [0.25, 0.3) is 0 Å². The van der Waals surface area contributed by atoms with Gasteiger partial charge in [0, 0.05) is 10.7 Å². The maximum Gasteiger partial charge on any atom is 0.0793 e. The monoisotopic (exact) mass is 273 g/mol. The molecule has 0 saturated heterocycles. The van der Waals surface area contributed by atoms with Crippen molar-refractivity contribution >= 4 is 11.6 Å². The van der Waals surface area contributed by atoms with Crippen molar-refractivity contribution in [3.8, 4) is 11.8 Å². The molecular weight excluding hydrogens is 258 g/mol. The molecule has 2 aromatic rings. The summed E-state index contributed by atoms with van der Waals surface area (Å²) in [5.74, 6) is 0.332. The number of nitrogens with zero attached hydrogens (tertiary/aromatic N) is 3. The van der Waals surface area contributed by atoms with Gasteiger partial charge in [0.05, 0.1) is 23.9 Å². The molecule has 2 rings (SSSR count). The lowest BCUT2D eigenvalue weighted by atomic mass is 10.1. The number of hydrogen-bond donors (Lipinski definition) is 0. The first-order valence-electron chi connectivity index (χ1n) is 6.26. The van der Waals surface area contributed by atoms with Crippen LogP contribution in [0.4, 0.5) is 0 Å². The van der Waals surface area contributed by atoms with Crippen LogP contribution in [0.15, 0.2) is 24.3 Å². The highest BCUT2D eigenvalue weighted by Crippen LogP contribution is 2.26. The molecule has 19 heavy (non-hydrogen) atoms. The van der Waals surface area contributed by atoms with Crippen molar-refractivity contribution in [2.75, 3.05) is 0 Å². The van der Waals surface area contributed by atoms with Crippen molar-refractivity contribution in [2.24, 2.45) is 0 Å². The summed E-state index contributed by atoms with van der Waals surface area (Å²) in [5.41, 5.74) is 3.86. The van der Waals surface area contributed by atoms with Crippen LogP contribution in [0.5, 0.6) is 0 Å². The van der Waals surface area contributed by atoms with Crippen LogP contribution in [0.2, 0.25) is 5.02 Å². The van der Waals surface area contributed by atoms with Gasteiger partial charge in [-0.15, -0.1) is 0 Å². The Labute approximate surface area is 118 Å². The van der Waals surface area contributed by atoms with Crippen LogP contribution in [0, 0.1) is 18.3 Å². The van der Waals surface area contributed by atoms with Gasteiger partial charge >= 0.3 is 0 Å². The van der Waals surface area contributed by atoms with Gasteiger partial charge in [-0.05, 0) is 36.6 Å². The number of rotatable bonds is 3. The summed E-state index contributed by atoms with van der Waals surface area (Å²) in [6, 6.07) is 9.92. The molecule has 98 valence electrons. The minimum Gasteiger partial charge on any atom is -0.237 e. The normalized spacial score (nSPS) is 10.7. The molecule has 4 heteroatoms. The number of hydrogen-bond acceptors (Lipinski definition) is 2. The quantitative estimate of drug-likeness (QED) is 0.847. The summed E-state index contributed by atoms with van der Waals surface area (Å²) in [4.78, 5) is 0. The van der Waals surface area contributed by atoms with E-state index < -0.39 is 0 Å². The second-order valence-electron chi connectivity index (χ2n) is 4.85. The molecule has 0 aliphatic carbocycles. The fraction of sp³-hybridized carbons (Fsp3) is 0.333. The number of aromatic nitrogens is 2. The molecule has 0 saturated carbocycles. The summed E-state index contributed by atoms with van der Waals surface area (Å²) >= 11 is 6.17. The van der Waals surface area contributed by atoms with E-state index in [0.29, 0.717) is 12.3 Å². The summed E-state index contributed by atoms with van der Waals surface area (Å²) in [6.07, 6.45) is 0.326. The van der Waals surface area contributed by atoms with Gasteiger partial charge in [0.15, 0.2) is 0 Å². The van der Waals surface area contributed by atoms with Crippen molar-refractivity contribution in [3.63, 3.8) is 0 Å². The summed E-state index contributed by atoms with van der Waals surface area (Å²) in [6.45, 7) is 6.21. The third kappa shape index (κ3) is 2.64. The van der Waals surface area contributed by atoms with Crippen molar-refractivity contribution < 1.29 is 0 Å². The standard InChI is InChI=1S/C15H16ClN3/c1-10(2)15-9-12(7-8-17)18-19(15)14-6-4-5-13(16)11(14)3/h4-6,9-10H,7H2,1-3H3. The molecular formula is C15H16ClN3. The Bertz CT molecular complexity index is 635. The molecule has 0 N–H and O–H groups in total. The predicted molar refractivity (Wildman–Crippen MR) is 76.7 cm³/mol. The minimum atomic E-state index is 0.326. The molecule has 0 unspecified atom stereocenters. The molecule has 0 aliphatic rings. The van der Waals surface area contributed by atoms with Gasteiger partial charge in [-0.3, -0.25) is 0 Å². The fourth-order valence-corrected chi connectivity index (χ4v) is 2.21. The van der Waals surface area contributed by atoms with Crippen molar-refractivity contribution in [2.45, 2.75) is 33.1 Å². The molecule has 0 atom stereocenters. The van der Waals surface area contributed by atoms with E-state index in [1.54, 1.807) is 0 Å². The summed E-state index contributed by atoms with van der Waals surface area (Å²) in [7, 11) is 0. The zero-order chi connectivity index (χ0) is 14.0.